The minimum atomic E-state index is -1.82. The van der Waals surface area contributed by atoms with E-state index in [1.807, 2.05) is 18.2 Å². The van der Waals surface area contributed by atoms with Crippen LogP contribution in [0.3, 0.4) is 0 Å². The van der Waals surface area contributed by atoms with Gasteiger partial charge in [-0.2, -0.15) is 0 Å². The van der Waals surface area contributed by atoms with Crippen LogP contribution in [-0.4, -0.2) is 59.3 Å². The highest BCUT2D eigenvalue weighted by Crippen LogP contribution is 2.29. The molecule has 7 nitrogen and oxygen atoms in total. The minimum absolute atomic E-state index is 0.0706. The molecule has 0 saturated carbocycles. The number of nitrogens with zero attached hydrogens (tertiary/aromatic N) is 1. The summed E-state index contributed by atoms with van der Waals surface area (Å²) in [6.45, 7) is 7.51. The SMILES string of the molecule is CCCCCCCOC(=O)C1CN(CC)CC=C1c1ccccc1.O=C(O)C(=O)O. The fourth-order valence-corrected chi connectivity index (χ4v) is 3.19. The lowest BCUT2D eigenvalue weighted by Crippen LogP contribution is -2.38. The van der Waals surface area contributed by atoms with Crippen molar-refractivity contribution in [1.29, 1.82) is 0 Å². The molecule has 0 spiro atoms. The zero-order chi connectivity index (χ0) is 22.4. The largest absolute Gasteiger partial charge is 0.473 e. The first-order valence-corrected chi connectivity index (χ1v) is 10.5. The molecule has 2 N–H and O–H groups in total. The Morgan fingerprint density at radius 2 is 1.63 bits per heavy atom. The molecule has 0 radical (unpaired) electrons. The number of benzene rings is 1. The Hall–Kier alpha value is -2.67. The van der Waals surface area contributed by atoms with Crippen molar-refractivity contribution >= 4 is 23.5 Å². The molecule has 0 fully saturated rings. The number of rotatable bonds is 9. The van der Waals surface area contributed by atoms with Crippen molar-refractivity contribution in [1.82, 2.24) is 4.90 Å². The molecule has 1 aromatic carbocycles. The number of unbranched alkanes of at least 4 members (excludes halogenated alkanes) is 4. The minimum Gasteiger partial charge on any atom is -0.473 e. The summed E-state index contributed by atoms with van der Waals surface area (Å²) in [5, 5.41) is 14.8. The Balaban J connectivity index is 0.000000656. The first kappa shape index (κ1) is 25.4. The fraction of sp³-hybridized carbons (Fsp3) is 0.522. The first-order chi connectivity index (χ1) is 14.4. The molecule has 1 aliphatic rings. The van der Waals surface area contributed by atoms with Gasteiger partial charge in [0.2, 0.25) is 0 Å². The highest BCUT2D eigenvalue weighted by molar-refractivity contribution is 6.27. The number of esters is 1. The van der Waals surface area contributed by atoms with Crippen molar-refractivity contribution in [3.63, 3.8) is 0 Å². The van der Waals surface area contributed by atoms with E-state index in [4.69, 9.17) is 24.5 Å². The molecule has 0 aliphatic carbocycles. The summed E-state index contributed by atoms with van der Waals surface area (Å²) in [7, 11) is 0. The summed E-state index contributed by atoms with van der Waals surface area (Å²) in [4.78, 5) is 33.1. The predicted molar refractivity (Wildman–Crippen MR) is 115 cm³/mol. The van der Waals surface area contributed by atoms with E-state index >= 15 is 0 Å². The number of carbonyl (C=O) groups excluding carboxylic acids is 1. The Labute approximate surface area is 178 Å². The zero-order valence-corrected chi connectivity index (χ0v) is 17.9. The van der Waals surface area contributed by atoms with Gasteiger partial charge in [-0.1, -0.05) is 75.9 Å². The van der Waals surface area contributed by atoms with E-state index in [0.717, 1.165) is 43.6 Å². The summed E-state index contributed by atoms with van der Waals surface area (Å²) < 4.78 is 5.60. The van der Waals surface area contributed by atoms with Gasteiger partial charge in [0.15, 0.2) is 0 Å². The van der Waals surface area contributed by atoms with E-state index in [9.17, 15) is 4.79 Å². The van der Waals surface area contributed by atoms with Crippen molar-refractivity contribution in [3.8, 4) is 0 Å². The van der Waals surface area contributed by atoms with Crippen LogP contribution in [0.2, 0.25) is 0 Å². The van der Waals surface area contributed by atoms with Gasteiger partial charge in [-0.25, -0.2) is 9.59 Å². The number of aliphatic carboxylic acids is 2. The van der Waals surface area contributed by atoms with Crippen LogP contribution in [0.5, 0.6) is 0 Å². The van der Waals surface area contributed by atoms with Gasteiger partial charge in [-0.05, 0) is 24.1 Å². The van der Waals surface area contributed by atoms with Gasteiger partial charge < -0.3 is 14.9 Å². The normalized spacial score (nSPS) is 16.1. The summed E-state index contributed by atoms with van der Waals surface area (Å²) in [5.41, 5.74) is 2.26. The second-order valence-electron chi connectivity index (χ2n) is 7.12. The van der Waals surface area contributed by atoms with Crippen LogP contribution in [-0.2, 0) is 19.1 Å². The van der Waals surface area contributed by atoms with Gasteiger partial charge >= 0.3 is 17.9 Å². The quantitative estimate of drug-likeness (QED) is 0.357. The fourth-order valence-electron chi connectivity index (χ4n) is 3.19. The molecule has 1 atom stereocenters. The van der Waals surface area contributed by atoms with E-state index in [0.29, 0.717) is 6.61 Å². The third-order valence-electron chi connectivity index (χ3n) is 4.90. The van der Waals surface area contributed by atoms with Gasteiger partial charge in [-0.15, -0.1) is 0 Å². The van der Waals surface area contributed by atoms with Gasteiger partial charge in [0.1, 0.15) is 0 Å². The summed E-state index contributed by atoms with van der Waals surface area (Å²) in [6, 6.07) is 10.2. The number of carboxylic acid groups (broad SMARTS) is 2. The zero-order valence-electron chi connectivity index (χ0n) is 17.9. The molecule has 2 rings (SSSR count). The van der Waals surface area contributed by atoms with Crippen LogP contribution in [0.1, 0.15) is 51.5 Å². The van der Waals surface area contributed by atoms with Gasteiger partial charge in [0.25, 0.3) is 0 Å². The molecule has 0 aromatic heterocycles. The Kier molecular flexibility index (Phi) is 12.1. The van der Waals surface area contributed by atoms with E-state index in [1.54, 1.807) is 0 Å². The summed E-state index contributed by atoms with van der Waals surface area (Å²) >= 11 is 0. The molecular formula is C23H33NO6. The highest BCUT2D eigenvalue weighted by atomic mass is 16.5. The van der Waals surface area contributed by atoms with Gasteiger partial charge in [-0.3, -0.25) is 9.69 Å². The molecule has 1 aliphatic heterocycles. The average Bonchev–Trinajstić information content (AvgIpc) is 2.76. The molecule has 1 unspecified atom stereocenters. The lowest BCUT2D eigenvalue weighted by atomic mass is 9.89. The third kappa shape index (κ3) is 9.22. The Bertz CT molecular complexity index is 689. The van der Waals surface area contributed by atoms with Gasteiger partial charge in [0, 0.05) is 13.1 Å². The van der Waals surface area contributed by atoms with Gasteiger partial charge in [0.05, 0.1) is 12.5 Å². The second kappa shape index (κ2) is 14.3. The predicted octanol–water partition coefficient (Wildman–Crippen LogP) is 3.69. The Morgan fingerprint density at radius 1 is 1.00 bits per heavy atom. The third-order valence-corrected chi connectivity index (χ3v) is 4.90. The molecule has 166 valence electrons. The second-order valence-corrected chi connectivity index (χ2v) is 7.12. The van der Waals surface area contributed by atoms with Crippen LogP contribution in [0.15, 0.2) is 36.4 Å². The van der Waals surface area contributed by atoms with Crippen molar-refractivity contribution < 1.29 is 29.3 Å². The summed E-state index contributed by atoms with van der Waals surface area (Å²) in [5.74, 6) is -3.89. The molecule has 7 heteroatoms. The maximum atomic E-state index is 12.6. The van der Waals surface area contributed by atoms with E-state index in [1.165, 1.54) is 19.3 Å². The van der Waals surface area contributed by atoms with Crippen molar-refractivity contribution in [3.05, 3.63) is 42.0 Å². The number of likely N-dealkylation sites (N-methyl/N-ethyl adjacent to an activating group) is 1. The van der Waals surface area contributed by atoms with E-state index < -0.39 is 11.9 Å². The molecule has 0 bridgehead atoms. The topological polar surface area (TPSA) is 104 Å². The van der Waals surface area contributed by atoms with E-state index in [-0.39, 0.29) is 11.9 Å². The molecule has 30 heavy (non-hydrogen) atoms. The number of ether oxygens (including phenoxy) is 1. The van der Waals surface area contributed by atoms with Crippen molar-refractivity contribution in [2.45, 2.75) is 46.0 Å². The summed E-state index contributed by atoms with van der Waals surface area (Å²) in [6.07, 6.45) is 8.04. The maximum Gasteiger partial charge on any atom is 0.414 e. The lowest BCUT2D eigenvalue weighted by molar-refractivity contribution is -0.159. The molecule has 1 aromatic rings. The number of carbonyl (C=O) groups is 3. The smallest absolute Gasteiger partial charge is 0.414 e. The highest BCUT2D eigenvalue weighted by Gasteiger charge is 2.30. The van der Waals surface area contributed by atoms with Crippen LogP contribution >= 0.6 is 0 Å². The van der Waals surface area contributed by atoms with E-state index in [2.05, 4.69) is 37.0 Å². The monoisotopic (exact) mass is 419 g/mol. The number of carboxylic acids is 2. The average molecular weight is 420 g/mol. The number of hydrogen-bond acceptors (Lipinski definition) is 5. The lowest BCUT2D eigenvalue weighted by Gasteiger charge is -2.31. The van der Waals surface area contributed by atoms with Crippen LogP contribution in [0.25, 0.3) is 5.57 Å². The number of hydrogen-bond donors (Lipinski definition) is 2. The Morgan fingerprint density at radius 3 is 2.20 bits per heavy atom. The standard InChI is InChI=1S/C21H31NO2.C2H2O4/c1-3-5-6-7-11-16-24-21(23)20-17-22(4-2)15-14-19(20)18-12-9-8-10-13-18;3-1(4)2(5)6/h8-10,12-14,20H,3-7,11,15-17H2,1-2H3;(H,3,4)(H,5,6). The van der Waals surface area contributed by atoms with Crippen molar-refractivity contribution in [2.75, 3.05) is 26.2 Å². The van der Waals surface area contributed by atoms with Crippen LogP contribution in [0, 0.1) is 5.92 Å². The van der Waals surface area contributed by atoms with Crippen LogP contribution in [0.4, 0.5) is 0 Å². The first-order valence-electron chi connectivity index (χ1n) is 10.5. The molecular weight excluding hydrogens is 386 g/mol. The molecule has 0 amide bonds. The van der Waals surface area contributed by atoms with Crippen LogP contribution < -0.4 is 0 Å². The molecule has 1 heterocycles. The van der Waals surface area contributed by atoms with Crippen molar-refractivity contribution in [2.24, 2.45) is 5.92 Å². The maximum absolute atomic E-state index is 12.6. The molecule has 0 saturated heterocycles.